The van der Waals surface area contributed by atoms with Crippen molar-refractivity contribution in [2.75, 3.05) is 0 Å². The van der Waals surface area contributed by atoms with Gasteiger partial charge in [-0.05, 0) is 12.8 Å². The van der Waals surface area contributed by atoms with E-state index in [0.29, 0.717) is 0 Å². The van der Waals surface area contributed by atoms with E-state index in [1.54, 1.807) is 0 Å². The molecule has 0 amide bonds. The van der Waals surface area contributed by atoms with Gasteiger partial charge in [0.2, 0.25) is 0 Å². The van der Waals surface area contributed by atoms with E-state index in [-0.39, 0.29) is 4.87 Å². The zero-order chi connectivity index (χ0) is 4.62. The fraction of sp³-hybridized carbons (Fsp3) is 0.600. The molecule has 0 radical (unpaired) electrons. The van der Waals surface area contributed by atoms with Crippen LogP contribution in [0.15, 0.2) is 0 Å². The monoisotopic (exact) mass is 100 g/mol. The SMILES string of the molecule is C#CC1(Cl)CC1. The van der Waals surface area contributed by atoms with Gasteiger partial charge in [-0.25, -0.2) is 0 Å². The molecule has 1 aliphatic carbocycles. The normalized spacial score (nSPS) is 25.3. The first kappa shape index (κ1) is 4.02. The smallest absolute Gasteiger partial charge is 0.105 e. The molecule has 0 aromatic carbocycles. The second kappa shape index (κ2) is 0.918. The van der Waals surface area contributed by atoms with E-state index >= 15 is 0 Å². The molecule has 0 aromatic rings. The highest BCUT2D eigenvalue weighted by Gasteiger charge is 2.38. The van der Waals surface area contributed by atoms with Crippen LogP contribution in [-0.2, 0) is 0 Å². The van der Waals surface area contributed by atoms with Gasteiger partial charge in [-0.1, -0.05) is 5.92 Å². The maximum atomic E-state index is 5.59. The van der Waals surface area contributed by atoms with Crippen molar-refractivity contribution in [2.24, 2.45) is 0 Å². The van der Waals surface area contributed by atoms with Gasteiger partial charge in [0.15, 0.2) is 0 Å². The van der Waals surface area contributed by atoms with Crippen LogP contribution < -0.4 is 0 Å². The van der Waals surface area contributed by atoms with Crippen LogP contribution in [0.5, 0.6) is 0 Å². The first-order valence-corrected chi connectivity index (χ1v) is 2.31. The zero-order valence-corrected chi connectivity index (χ0v) is 4.13. The van der Waals surface area contributed by atoms with Crippen LogP contribution >= 0.6 is 11.6 Å². The van der Waals surface area contributed by atoms with Gasteiger partial charge in [0.25, 0.3) is 0 Å². The molecule has 0 N–H and O–H groups in total. The van der Waals surface area contributed by atoms with Crippen molar-refractivity contribution in [3.8, 4) is 12.3 Å². The molecule has 6 heavy (non-hydrogen) atoms. The highest BCUT2D eigenvalue weighted by atomic mass is 35.5. The Bertz CT molecular complexity index is 95.0. The van der Waals surface area contributed by atoms with Crippen LogP contribution in [0.2, 0.25) is 0 Å². The molecule has 0 saturated heterocycles. The molecule has 1 saturated carbocycles. The molecular weight excluding hydrogens is 95.5 g/mol. The van der Waals surface area contributed by atoms with Crippen LogP contribution in [-0.4, -0.2) is 4.87 Å². The standard InChI is InChI=1S/C5H5Cl/c1-2-5(6)3-4-5/h1H,3-4H2. The van der Waals surface area contributed by atoms with Crippen LogP contribution in [0.4, 0.5) is 0 Å². The van der Waals surface area contributed by atoms with E-state index in [0.717, 1.165) is 12.8 Å². The maximum absolute atomic E-state index is 5.59. The molecule has 0 spiro atoms. The van der Waals surface area contributed by atoms with Gasteiger partial charge in [0.05, 0.1) is 0 Å². The first-order chi connectivity index (χ1) is 2.77. The van der Waals surface area contributed by atoms with Crippen molar-refractivity contribution in [2.45, 2.75) is 17.7 Å². The number of rotatable bonds is 0. The van der Waals surface area contributed by atoms with Crippen molar-refractivity contribution < 1.29 is 0 Å². The quantitative estimate of drug-likeness (QED) is 0.319. The largest absolute Gasteiger partial charge is 0.118 e. The Kier molecular flexibility index (Phi) is 0.615. The fourth-order valence-electron chi connectivity index (χ4n) is 0.254. The lowest BCUT2D eigenvalue weighted by Crippen LogP contribution is -1.86. The summed E-state index contributed by atoms with van der Waals surface area (Å²) in [6.07, 6.45) is 7.00. The molecule has 1 aliphatic rings. The van der Waals surface area contributed by atoms with Crippen molar-refractivity contribution in [1.29, 1.82) is 0 Å². The van der Waals surface area contributed by atoms with E-state index in [1.165, 1.54) is 0 Å². The van der Waals surface area contributed by atoms with Gasteiger partial charge in [0, 0.05) is 0 Å². The molecular formula is C5H5Cl. The van der Waals surface area contributed by atoms with Gasteiger partial charge >= 0.3 is 0 Å². The van der Waals surface area contributed by atoms with Crippen LogP contribution in [0.1, 0.15) is 12.8 Å². The van der Waals surface area contributed by atoms with Crippen molar-refractivity contribution in [3.63, 3.8) is 0 Å². The fourth-order valence-corrected chi connectivity index (χ4v) is 0.349. The third kappa shape index (κ3) is 0.507. The molecule has 1 heteroatoms. The summed E-state index contributed by atoms with van der Waals surface area (Å²) in [6, 6.07) is 0. The van der Waals surface area contributed by atoms with Crippen molar-refractivity contribution >= 4 is 11.6 Å². The summed E-state index contributed by atoms with van der Waals surface area (Å²) in [5, 5.41) is 0. The second-order valence-corrected chi connectivity index (χ2v) is 2.33. The van der Waals surface area contributed by atoms with E-state index in [4.69, 9.17) is 18.0 Å². The molecule has 0 bridgehead atoms. The predicted molar refractivity (Wildman–Crippen MR) is 26.7 cm³/mol. The van der Waals surface area contributed by atoms with Gasteiger partial charge in [-0.3, -0.25) is 0 Å². The van der Waals surface area contributed by atoms with E-state index < -0.39 is 0 Å². The molecule has 1 fully saturated rings. The number of terminal acetylenes is 1. The van der Waals surface area contributed by atoms with Crippen LogP contribution in [0, 0.1) is 12.3 Å². The summed E-state index contributed by atoms with van der Waals surface area (Å²) in [4.78, 5) is -0.208. The summed E-state index contributed by atoms with van der Waals surface area (Å²) < 4.78 is 0. The average Bonchev–Trinajstić information content (AvgIpc) is 2.22. The number of alkyl halides is 1. The maximum Gasteiger partial charge on any atom is 0.105 e. The lowest BCUT2D eigenvalue weighted by Gasteiger charge is -1.83. The number of hydrogen-bond acceptors (Lipinski definition) is 0. The molecule has 0 unspecified atom stereocenters. The molecule has 0 atom stereocenters. The molecule has 0 aliphatic heterocycles. The minimum absolute atomic E-state index is 0.208. The van der Waals surface area contributed by atoms with Gasteiger partial charge < -0.3 is 0 Å². The number of hydrogen-bond donors (Lipinski definition) is 0. The van der Waals surface area contributed by atoms with Gasteiger partial charge in [0.1, 0.15) is 4.87 Å². The topological polar surface area (TPSA) is 0 Å². The van der Waals surface area contributed by atoms with E-state index in [1.807, 2.05) is 0 Å². The summed E-state index contributed by atoms with van der Waals surface area (Å²) in [5.74, 6) is 2.48. The molecule has 0 nitrogen and oxygen atoms in total. The molecule has 0 heterocycles. The van der Waals surface area contributed by atoms with Gasteiger partial charge in [-0.15, -0.1) is 18.0 Å². The van der Waals surface area contributed by atoms with E-state index in [2.05, 4.69) is 5.92 Å². The van der Waals surface area contributed by atoms with Crippen molar-refractivity contribution in [1.82, 2.24) is 0 Å². The highest BCUT2D eigenvalue weighted by Crippen LogP contribution is 2.41. The Morgan fingerprint density at radius 1 is 1.67 bits per heavy atom. The number of halogens is 1. The Hall–Kier alpha value is -0.150. The van der Waals surface area contributed by atoms with Crippen LogP contribution in [0.3, 0.4) is 0 Å². The Morgan fingerprint density at radius 3 is 2.17 bits per heavy atom. The summed E-state index contributed by atoms with van der Waals surface area (Å²) >= 11 is 5.59. The van der Waals surface area contributed by atoms with Crippen LogP contribution in [0.25, 0.3) is 0 Å². The highest BCUT2D eigenvalue weighted by molar-refractivity contribution is 6.27. The zero-order valence-electron chi connectivity index (χ0n) is 3.37. The van der Waals surface area contributed by atoms with Crippen molar-refractivity contribution in [3.05, 3.63) is 0 Å². The lowest BCUT2D eigenvalue weighted by atomic mass is 10.4. The molecule has 0 aromatic heterocycles. The average molecular weight is 101 g/mol. The second-order valence-electron chi connectivity index (χ2n) is 1.61. The Morgan fingerprint density at radius 2 is 2.17 bits per heavy atom. The third-order valence-electron chi connectivity index (χ3n) is 0.948. The summed E-state index contributed by atoms with van der Waals surface area (Å²) in [5.41, 5.74) is 0. The molecule has 1 rings (SSSR count). The van der Waals surface area contributed by atoms with E-state index in [9.17, 15) is 0 Å². The minimum atomic E-state index is -0.208. The predicted octanol–water partition coefficient (Wildman–Crippen LogP) is 1.39. The Balaban J connectivity index is 2.54. The lowest BCUT2D eigenvalue weighted by molar-refractivity contribution is 1.24. The minimum Gasteiger partial charge on any atom is -0.118 e. The molecule has 32 valence electrons. The van der Waals surface area contributed by atoms with Gasteiger partial charge in [-0.2, -0.15) is 0 Å². The summed E-state index contributed by atoms with van der Waals surface area (Å²) in [7, 11) is 0. The third-order valence-corrected chi connectivity index (χ3v) is 1.43. The first-order valence-electron chi connectivity index (χ1n) is 1.93. The Labute approximate surface area is 42.5 Å². The summed E-state index contributed by atoms with van der Waals surface area (Å²) in [6.45, 7) is 0.